The van der Waals surface area contributed by atoms with Crippen molar-refractivity contribution < 1.29 is 4.74 Å². The van der Waals surface area contributed by atoms with Gasteiger partial charge >= 0.3 is 0 Å². The average molecular weight is 275 g/mol. The summed E-state index contributed by atoms with van der Waals surface area (Å²) in [6.07, 6.45) is 4.41. The molecule has 2 rings (SSSR count). The molecule has 1 aliphatic heterocycles. The predicted molar refractivity (Wildman–Crippen MR) is 69.5 cm³/mol. The number of halogens is 2. The fraction of sp³-hybridized carbons (Fsp3) is 0.583. The minimum absolute atomic E-state index is 0.624. The van der Waals surface area contributed by atoms with E-state index < -0.39 is 0 Å². The topological polar surface area (TPSA) is 25.4 Å². The maximum absolute atomic E-state index is 6.09. The lowest BCUT2D eigenvalue weighted by Gasteiger charge is -2.21. The van der Waals surface area contributed by atoms with Crippen LogP contribution >= 0.6 is 23.2 Å². The van der Waals surface area contributed by atoms with Gasteiger partial charge in [0.05, 0.1) is 16.7 Å². The summed E-state index contributed by atoms with van der Waals surface area (Å²) < 4.78 is 5.37. The number of aromatic nitrogens is 1. The highest BCUT2D eigenvalue weighted by atomic mass is 35.5. The lowest BCUT2D eigenvalue weighted by atomic mass is 10.1. The second-order valence-electron chi connectivity index (χ2n) is 4.51. The first-order chi connectivity index (χ1) is 8.16. The quantitative estimate of drug-likeness (QED) is 0.844. The fourth-order valence-electron chi connectivity index (χ4n) is 2.09. The van der Waals surface area contributed by atoms with Gasteiger partial charge in [-0.3, -0.25) is 4.98 Å². The van der Waals surface area contributed by atoms with Crippen molar-refractivity contribution in [1.29, 1.82) is 0 Å². The molecule has 3 nitrogen and oxygen atoms in total. The van der Waals surface area contributed by atoms with Gasteiger partial charge in [-0.05, 0) is 19.4 Å². The Bertz CT molecular complexity index is 361. The summed E-state index contributed by atoms with van der Waals surface area (Å²) in [5.74, 6) is 0.624. The Balaban J connectivity index is 1.95. The molecule has 1 aliphatic rings. The first kappa shape index (κ1) is 13.1. The van der Waals surface area contributed by atoms with E-state index in [0.717, 1.165) is 38.3 Å². The Morgan fingerprint density at radius 1 is 1.41 bits per heavy atom. The van der Waals surface area contributed by atoms with Crippen LogP contribution in [0, 0.1) is 5.92 Å². The van der Waals surface area contributed by atoms with Crippen LogP contribution in [0.4, 0.5) is 0 Å². The van der Waals surface area contributed by atoms with Gasteiger partial charge in [0.2, 0.25) is 0 Å². The van der Waals surface area contributed by atoms with E-state index in [1.807, 2.05) is 0 Å². The Morgan fingerprint density at radius 2 is 2.12 bits per heavy atom. The van der Waals surface area contributed by atoms with Crippen LogP contribution in [0.2, 0.25) is 10.0 Å². The maximum atomic E-state index is 6.09. The molecule has 0 bridgehead atoms. The monoisotopic (exact) mass is 274 g/mol. The summed E-state index contributed by atoms with van der Waals surface area (Å²) >= 11 is 12.2. The molecule has 0 amide bonds. The van der Waals surface area contributed by atoms with E-state index in [2.05, 4.69) is 16.9 Å². The molecule has 0 unspecified atom stereocenters. The van der Waals surface area contributed by atoms with E-state index in [1.165, 1.54) is 0 Å². The van der Waals surface area contributed by atoms with Crippen molar-refractivity contribution in [3.05, 3.63) is 28.0 Å². The van der Waals surface area contributed by atoms with Crippen molar-refractivity contribution in [3.63, 3.8) is 0 Å². The number of rotatable bonds is 4. The van der Waals surface area contributed by atoms with Crippen LogP contribution in [0.25, 0.3) is 0 Å². The second kappa shape index (κ2) is 6.01. The van der Waals surface area contributed by atoms with Gasteiger partial charge in [0, 0.05) is 37.7 Å². The molecule has 0 N–H and O–H groups in total. The highest BCUT2D eigenvalue weighted by Gasteiger charge is 2.18. The Kier molecular flexibility index (Phi) is 4.62. The molecule has 0 spiro atoms. The van der Waals surface area contributed by atoms with E-state index >= 15 is 0 Å². The molecule has 1 atom stereocenters. The van der Waals surface area contributed by atoms with Crippen LogP contribution in [-0.4, -0.2) is 36.7 Å². The van der Waals surface area contributed by atoms with Crippen LogP contribution in [0.3, 0.4) is 0 Å². The molecule has 2 heterocycles. The Morgan fingerprint density at radius 3 is 2.71 bits per heavy atom. The normalized spacial score (nSPS) is 20.1. The van der Waals surface area contributed by atoms with Gasteiger partial charge in [-0.1, -0.05) is 23.2 Å². The second-order valence-corrected chi connectivity index (χ2v) is 5.32. The zero-order valence-electron chi connectivity index (χ0n) is 9.83. The minimum Gasteiger partial charge on any atom is -0.381 e. The maximum Gasteiger partial charge on any atom is 0.0649 e. The average Bonchev–Trinajstić information content (AvgIpc) is 2.76. The number of hydrogen-bond donors (Lipinski definition) is 0. The van der Waals surface area contributed by atoms with Crippen molar-refractivity contribution in [2.45, 2.75) is 13.0 Å². The van der Waals surface area contributed by atoms with Gasteiger partial charge < -0.3 is 9.64 Å². The lowest BCUT2D eigenvalue weighted by Crippen LogP contribution is -2.25. The third kappa shape index (κ3) is 3.55. The fourth-order valence-corrected chi connectivity index (χ4v) is 2.58. The molecule has 0 aliphatic carbocycles. The third-order valence-electron chi connectivity index (χ3n) is 2.97. The Hall–Kier alpha value is -0.350. The SMILES string of the molecule is CN(Cc1c(Cl)cncc1Cl)C[C@H]1CCOC1. The van der Waals surface area contributed by atoms with Crippen LogP contribution in [-0.2, 0) is 11.3 Å². The van der Waals surface area contributed by atoms with Crippen LogP contribution in [0.5, 0.6) is 0 Å². The molecule has 1 aromatic heterocycles. The summed E-state index contributed by atoms with van der Waals surface area (Å²) in [5, 5.41) is 1.26. The first-order valence-corrected chi connectivity index (χ1v) is 6.46. The van der Waals surface area contributed by atoms with Gasteiger partial charge in [-0.25, -0.2) is 0 Å². The zero-order chi connectivity index (χ0) is 12.3. The number of nitrogens with zero attached hydrogens (tertiary/aromatic N) is 2. The highest BCUT2D eigenvalue weighted by Crippen LogP contribution is 2.24. The predicted octanol–water partition coefficient (Wildman–Crippen LogP) is 2.86. The van der Waals surface area contributed by atoms with Gasteiger partial charge in [-0.2, -0.15) is 0 Å². The van der Waals surface area contributed by atoms with E-state index in [0.29, 0.717) is 16.0 Å². The van der Waals surface area contributed by atoms with E-state index in [9.17, 15) is 0 Å². The summed E-state index contributed by atoms with van der Waals surface area (Å²) in [5.41, 5.74) is 0.949. The molecule has 0 aromatic carbocycles. The third-order valence-corrected chi connectivity index (χ3v) is 3.63. The summed E-state index contributed by atoms with van der Waals surface area (Å²) in [7, 11) is 2.07. The van der Waals surface area contributed by atoms with Crippen LogP contribution < -0.4 is 0 Å². The smallest absolute Gasteiger partial charge is 0.0649 e. The molecule has 1 saturated heterocycles. The minimum atomic E-state index is 0.624. The van der Waals surface area contributed by atoms with Crippen molar-refractivity contribution in [3.8, 4) is 0 Å². The van der Waals surface area contributed by atoms with Crippen LogP contribution in [0.1, 0.15) is 12.0 Å². The van der Waals surface area contributed by atoms with Crippen molar-refractivity contribution in [2.75, 3.05) is 26.8 Å². The standard InChI is InChI=1S/C12H16Cl2N2O/c1-16(6-9-2-3-17-8-9)7-10-11(13)4-15-5-12(10)14/h4-5,9H,2-3,6-8H2,1H3/t9-/m1/s1. The van der Waals surface area contributed by atoms with Gasteiger partial charge in [-0.15, -0.1) is 0 Å². The molecular formula is C12H16Cl2N2O. The van der Waals surface area contributed by atoms with Crippen molar-refractivity contribution in [1.82, 2.24) is 9.88 Å². The van der Waals surface area contributed by atoms with Gasteiger partial charge in [0.1, 0.15) is 0 Å². The summed E-state index contributed by atoms with van der Waals surface area (Å²) in [4.78, 5) is 6.18. The molecule has 1 aromatic rings. The van der Waals surface area contributed by atoms with E-state index in [4.69, 9.17) is 27.9 Å². The van der Waals surface area contributed by atoms with E-state index in [1.54, 1.807) is 12.4 Å². The number of hydrogen-bond acceptors (Lipinski definition) is 3. The molecule has 0 radical (unpaired) electrons. The van der Waals surface area contributed by atoms with Crippen molar-refractivity contribution >= 4 is 23.2 Å². The number of ether oxygens (including phenoxy) is 1. The molecule has 17 heavy (non-hydrogen) atoms. The Labute approximate surface area is 112 Å². The molecule has 1 fully saturated rings. The van der Waals surface area contributed by atoms with Crippen LogP contribution in [0.15, 0.2) is 12.4 Å². The van der Waals surface area contributed by atoms with Gasteiger partial charge in [0.15, 0.2) is 0 Å². The molecule has 94 valence electrons. The summed E-state index contributed by atoms with van der Waals surface area (Å²) in [6, 6.07) is 0. The summed E-state index contributed by atoms with van der Waals surface area (Å²) in [6.45, 7) is 3.50. The first-order valence-electron chi connectivity index (χ1n) is 5.71. The molecule has 5 heteroatoms. The lowest BCUT2D eigenvalue weighted by molar-refractivity contribution is 0.173. The zero-order valence-corrected chi connectivity index (χ0v) is 11.3. The highest BCUT2D eigenvalue weighted by molar-refractivity contribution is 6.35. The largest absolute Gasteiger partial charge is 0.381 e. The molecular weight excluding hydrogens is 259 g/mol. The van der Waals surface area contributed by atoms with E-state index in [-0.39, 0.29) is 0 Å². The van der Waals surface area contributed by atoms with Crippen molar-refractivity contribution in [2.24, 2.45) is 5.92 Å². The molecule has 0 saturated carbocycles. The van der Waals surface area contributed by atoms with Gasteiger partial charge in [0.25, 0.3) is 0 Å². The number of pyridine rings is 1.